The average molecular weight is 293 g/mol. The van der Waals surface area contributed by atoms with E-state index in [2.05, 4.69) is 19.2 Å². The van der Waals surface area contributed by atoms with Gasteiger partial charge >= 0.3 is 0 Å². The van der Waals surface area contributed by atoms with E-state index in [1.165, 1.54) is 12.1 Å². The summed E-state index contributed by atoms with van der Waals surface area (Å²) in [6.07, 6.45) is 4.01. The molecule has 0 unspecified atom stereocenters. The number of nitro groups is 2. The van der Waals surface area contributed by atoms with Crippen LogP contribution < -0.4 is 5.32 Å². The van der Waals surface area contributed by atoms with E-state index in [1.807, 2.05) is 0 Å². The van der Waals surface area contributed by atoms with Crippen molar-refractivity contribution in [1.29, 1.82) is 0 Å². The number of anilines is 1. The summed E-state index contributed by atoms with van der Waals surface area (Å²) in [5.41, 5.74) is 0.168. The fourth-order valence-corrected chi connectivity index (χ4v) is 2.67. The van der Waals surface area contributed by atoms with Gasteiger partial charge in [0.05, 0.1) is 15.9 Å². The van der Waals surface area contributed by atoms with Crippen molar-refractivity contribution < 1.29 is 9.85 Å². The Morgan fingerprint density at radius 1 is 1.14 bits per heavy atom. The van der Waals surface area contributed by atoms with Crippen LogP contribution >= 0.6 is 0 Å². The predicted molar refractivity (Wildman–Crippen MR) is 79.4 cm³/mol. The van der Waals surface area contributed by atoms with Gasteiger partial charge in [-0.25, -0.2) is 0 Å². The molecule has 21 heavy (non-hydrogen) atoms. The molecule has 0 bridgehead atoms. The molecule has 2 rings (SSSR count). The molecule has 0 atom stereocenters. The van der Waals surface area contributed by atoms with Crippen molar-refractivity contribution in [3.05, 3.63) is 38.4 Å². The fourth-order valence-electron chi connectivity index (χ4n) is 2.67. The first-order valence-electron chi connectivity index (χ1n) is 6.98. The highest BCUT2D eigenvalue weighted by molar-refractivity contribution is 5.65. The van der Waals surface area contributed by atoms with E-state index < -0.39 is 9.85 Å². The maximum absolute atomic E-state index is 11.1. The molecule has 1 aliphatic carbocycles. The minimum Gasteiger partial charge on any atom is -0.377 e. The smallest absolute Gasteiger partial charge is 0.299 e. The van der Waals surface area contributed by atoms with Crippen molar-refractivity contribution in [2.45, 2.75) is 45.6 Å². The summed E-state index contributed by atoms with van der Waals surface area (Å²) in [6.45, 7) is 4.44. The minimum atomic E-state index is -0.625. The standard InChI is InChI=1S/C14H19N3O4/c1-14(2)7-5-10(6-8-14)15-12-4-3-11(16(18)19)9-13(12)17(20)21/h3-4,9-10,15H,5-8H2,1-2H3. The number of nitro benzene ring substituents is 2. The van der Waals surface area contributed by atoms with Crippen LogP contribution in [0.3, 0.4) is 0 Å². The third-order valence-corrected chi connectivity index (χ3v) is 4.09. The Bertz CT molecular complexity index is 561. The van der Waals surface area contributed by atoms with Gasteiger partial charge in [0.2, 0.25) is 0 Å². The molecule has 1 fully saturated rings. The molecule has 114 valence electrons. The SMILES string of the molecule is CC1(C)CCC(Nc2ccc([N+](=O)[O-])cc2[N+](=O)[O-])CC1. The number of hydrogen-bond donors (Lipinski definition) is 1. The molecule has 0 aromatic heterocycles. The number of hydrogen-bond acceptors (Lipinski definition) is 5. The quantitative estimate of drug-likeness (QED) is 0.670. The van der Waals surface area contributed by atoms with E-state index in [0.717, 1.165) is 31.7 Å². The van der Waals surface area contributed by atoms with E-state index in [1.54, 1.807) is 0 Å². The van der Waals surface area contributed by atoms with Crippen LogP contribution in [0.2, 0.25) is 0 Å². The highest BCUT2D eigenvalue weighted by Crippen LogP contribution is 2.37. The molecule has 0 spiro atoms. The van der Waals surface area contributed by atoms with Gasteiger partial charge in [-0.15, -0.1) is 0 Å². The Morgan fingerprint density at radius 3 is 2.29 bits per heavy atom. The first-order valence-corrected chi connectivity index (χ1v) is 6.98. The fraction of sp³-hybridized carbons (Fsp3) is 0.571. The second-order valence-electron chi connectivity index (χ2n) is 6.30. The molecule has 0 aliphatic heterocycles. The number of non-ortho nitro benzene ring substituents is 1. The third kappa shape index (κ3) is 3.68. The summed E-state index contributed by atoms with van der Waals surface area (Å²) >= 11 is 0. The molecule has 0 heterocycles. The van der Waals surface area contributed by atoms with Crippen molar-refractivity contribution in [2.75, 3.05) is 5.32 Å². The van der Waals surface area contributed by atoms with E-state index in [4.69, 9.17) is 0 Å². The number of nitrogens with one attached hydrogen (secondary N) is 1. The maximum Gasteiger partial charge on any atom is 0.299 e. The summed E-state index contributed by atoms with van der Waals surface area (Å²) < 4.78 is 0. The summed E-state index contributed by atoms with van der Waals surface area (Å²) in [5.74, 6) is 0. The van der Waals surface area contributed by atoms with Crippen LogP contribution in [0.4, 0.5) is 17.1 Å². The first kappa shape index (κ1) is 15.2. The van der Waals surface area contributed by atoms with E-state index >= 15 is 0 Å². The zero-order chi connectivity index (χ0) is 15.6. The van der Waals surface area contributed by atoms with E-state index in [9.17, 15) is 20.2 Å². The van der Waals surface area contributed by atoms with Gasteiger partial charge in [-0.1, -0.05) is 13.8 Å². The Kier molecular flexibility index (Phi) is 4.11. The molecule has 7 heteroatoms. The summed E-state index contributed by atoms with van der Waals surface area (Å²) in [7, 11) is 0. The van der Waals surface area contributed by atoms with Gasteiger partial charge in [0.15, 0.2) is 0 Å². The molecule has 1 N–H and O–H groups in total. The molecular formula is C14H19N3O4. The summed E-state index contributed by atoms with van der Waals surface area (Å²) in [5, 5.41) is 25.0. The highest BCUT2D eigenvalue weighted by atomic mass is 16.6. The lowest BCUT2D eigenvalue weighted by Crippen LogP contribution is -2.30. The third-order valence-electron chi connectivity index (χ3n) is 4.09. The van der Waals surface area contributed by atoms with Gasteiger partial charge in [-0.3, -0.25) is 20.2 Å². The van der Waals surface area contributed by atoms with Gasteiger partial charge in [-0.05, 0) is 37.2 Å². The van der Waals surface area contributed by atoms with Gasteiger partial charge in [0, 0.05) is 12.1 Å². The molecule has 0 radical (unpaired) electrons. The van der Waals surface area contributed by atoms with Crippen LogP contribution in [-0.4, -0.2) is 15.9 Å². The first-order chi connectivity index (χ1) is 9.78. The number of rotatable bonds is 4. The van der Waals surface area contributed by atoms with Gasteiger partial charge in [0.25, 0.3) is 11.4 Å². The second-order valence-corrected chi connectivity index (χ2v) is 6.30. The molecule has 1 aliphatic rings. The van der Waals surface area contributed by atoms with Crippen molar-refractivity contribution in [1.82, 2.24) is 0 Å². The van der Waals surface area contributed by atoms with Crippen LogP contribution in [0.5, 0.6) is 0 Å². The molecule has 0 amide bonds. The maximum atomic E-state index is 11.1. The normalized spacial score (nSPS) is 18.2. The van der Waals surface area contributed by atoms with E-state index in [0.29, 0.717) is 11.1 Å². The molecule has 1 aromatic rings. The van der Waals surface area contributed by atoms with Crippen molar-refractivity contribution in [2.24, 2.45) is 5.41 Å². The molecular weight excluding hydrogens is 274 g/mol. The van der Waals surface area contributed by atoms with E-state index in [-0.39, 0.29) is 17.4 Å². The summed E-state index contributed by atoms with van der Waals surface area (Å²) in [4.78, 5) is 20.6. The molecule has 0 saturated heterocycles. The minimum absolute atomic E-state index is 0.179. The lowest BCUT2D eigenvalue weighted by Gasteiger charge is -2.34. The van der Waals surface area contributed by atoms with Crippen LogP contribution in [0.25, 0.3) is 0 Å². The number of benzene rings is 1. The topological polar surface area (TPSA) is 98.3 Å². The van der Waals surface area contributed by atoms with Crippen molar-refractivity contribution in [3.8, 4) is 0 Å². The zero-order valence-corrected chi connectivity index (χ0v) is 12.2. The van der Waals surface area contributed by atoms with Crippen LogP contribution in [0.15, 0.2) is 18.2 Å². The molecule has 7 nitrogen and oxygen atoms in total. The molecule has 1 aromatic carbocycles. The Balaban J connectivity index is 2.16. The molecule has 1 saturated carbocycles. The predicted octanol–water partition coefficient (Wildman–Crippen LogP) is 3.88. The van der Waals surface area contributed by atoms with Crippen LogP contribution in [-0.2, 0) is 0 Å². The van der Waals surface area contributed by atoms with Gasteiger partial charge < -0.3 is 5.32 Å². The Hall–Kier alpha value is -2.18. The Morgan fingerprint density at radius 2 is 1.76 bits per heavy atom. The van der Waals surface area contributed by atoms with Gasteiger partial charge in [0.1, 0.15) is 5.69 Å². The largest absolute Gasteiger partial charge is 0.377 e. The van der Waals surface area contributed by atoms with Crippen LogP contribution in [0.1, 0.15) is 39.5 Å². The van der Waals surface area contributed by atoms with Crippen LogP contribution in [0, 0.1) is 25.6 Å². The lowest BCUT2D eigenvalue weighted by atomic mass is 9.75. The average Bonchev–Trinajstić information content (AvgIpc) is 2.41. The lowest BCUT2D eigenvalue weighted by molar-refractivity contribution is -0.393. The van der Waals surface area contributed by atoms with Crippen molar-refractivity contribution in [3.63, 3.8) is 0 Å². The van der Waals surface area contributed by atoms with Gasteiger partial charge in [-0.2, -0.15) is 0 Å². The van der Waals surface area contributed by atoms with Crippen molar-refractivity contribution >= 4 is 17.1 Å². The number of nitrogens with zero attached hydrogens (tertiary/aromatic N) is 2. The summed E-state index contributed by atoms with van der Waals surface area (Å²) in [6, 6.07) is 3.91. The monoisotopic (exact) mass is 293 g/mol. The second kappa shape index (κ2) is 5.67. The zero-order valence-electron chi connectivity index (χ0n) is 12.2. The Labute approximate surface area is 122 Å². The highest BCUT2D eigenvalue weighted by Gasteiger charge is 2.28.